The van der Waals surface area contributed by atoms with Crippen molar-refractivity contribution in [3.63, 3.8) is 0 Å². The summed E-state index contributed by atoms with van der Waals surface area (Å²) in [6, 6.07) is 9.44. The molecule has 0 spiro atoms. The summed E-state index contributed by atoms with van der Waals surface area (Å²) < 4.78 is 22.3. The summed E-state index contributed by atoms with van der Waals surface area (Å²) in [6.07, 6.45) is 2.86. The molecular weight excluding hydrogens is 263 g/mol. The van der Waals surface area contributed by atoms with Crippen molar-refractivity contribution in [2.45, 2.75) is 13.8 Å². The molecule has 5 heteroatoms. The molecule has 1 aromatic carbocycles. The maximum atomic E-state index is 12.1. The Kier molecular flexibility index (Phi) is 6.71. The highest BCUT2D eigenvalue weighted by Crippen LogP contribution is 2.47. The minimum atomic E-state index is -3.30. The van der Waals surface area contributed by atoms with Gasteiger partial charge in [-0.25, -0.2) is 0 Å². The van der Waals surface area contributed by atoms with Gasteiger partial charge >= 0.3 is 7.60 Å². The number of ketones is 1. The van der Waals surface area contributed by atoms with E-state index in [0.29, 0.717) is 0 Å². The zero-order chi connectivity index (χ0) is 14.1. The molecule has 0 saturated carbocycles. The fraction of sp³-hybridized carbons (Fsp3) is 0.357. The van der Waals surface area contributed by atoms with Gasteiger partial charge in [-0.05, 0) is 25.5 Å². The molecule has 0 amide bonds. The van der Waals surface area contributed by atoms with E-state index in [0.717, 1.165) is 5.56 Å². The van der Waals surface area contributed by atoms with Crippen LogP contribution in [0.2, 0.25) is 0 Å². The maximum Gasteiger partial charge on any atom is 0.338 e. The van der Waals surface area contributed by atoms with Gasteiger partial charge in [-0.2, -0.15) is 0 Å². The van der Waals surface area contributed by atoms with Gasteiger partial charge in [0, 0.05) is 0 Å². The molecule has 1 aromatic rings. The number of benzene rings is 1. The van der Waals surface area contributed by atoms with Gasteiger partial charge in [0.25, 0.3) is 0 Å². The number of rotatable bonds is 8. The van der Waals surface area contributed by atoms with Crippen molar-refractivity contribution < 1.29 is 18.4 Å². The fourth-order valence-electron chi connectivity index (χ4n) is 1.52. The van der Waals surface area contributed by atoms with Crippen molar-refractivity contribution in [3.05, 3.63) is 42.0 Å². The molecule has 0 fully saturated rings. The zero-order valence-electron chi connectivity index (χ0n) is 11.2. The van der Waals surface area contributed by atoms with Crippen LogP contribution in [0.15, 0.2) is 36.4 Å². The molecular formula is C14H19O4P. The molecule has 1 rings (SSSR count). The molecule has 19 heavy (non-hydrogen) atoms. The van der Waals surface area contributed by atoms with Crippen LogP contribution >= 0.6 is 7.60 Å². The molecule has 0 unspecified atom stereocenters. The van der Waals surface area contributed by atoms with Crippen molar-refractivity contribution in [2.24, 2.45) is 0 Å². The summed E-state index contributed by atoms with van der Waals surface area (Å²) in [7, 11) is -3.30. The number of hydrogen-bond acceptors (Lipinski definition) is 4. The van der Waals surface area contributed by atoms with E-state index in [1.807, 2.05) is 30.3 Å². The minimum Gasteiger partial charge on any atom is -0.309 e. The number of carbonyl (C=O) groups excluding carboxylic acids is 1. The standard InChI is InChI=1S/C14H19O4P/c1-3-17-19(16,18-4-2)12-14(15)11-10-13-8-6-5-7-9-13/h5-11H,3-4,12H2,1-2H3. The first-order valence-corrected chi connectivity index (χ1v) is 7.96. The summed E-state index contributed by atoms with van der Waals surface area (Å²) in [5.41, 5.74) is 0.915. The first-order chi connectivity index (χ1) is 9.09. The Bertz CT molecular complexity index is 458. The van der Waals surface area contributed by atoms with Crippen LogP contribution < -0.4 is 0 Å². The first kappa shape index (κ1) is 15.8. The van der Waals surface area contributed by atoms with Crippen molar-refractivity contribution in [2.75, 3.05) is 19.4 Å². The Morgan fingerprint density at radius 2 is 1.74 bits per heavy atom. The van der Waals surface area contributed by atoms with Crippen LogP contribution in [0.3, 0.4) is 0 Å². The van der Waals surface area contributed by atoms with E-state index in [1.165, 1.54) is 6.08 Å². The monoisotopic (exact) mass is 282 g/mol. The highest BCUT2D eigenvalue weighted by molar-refractivity contribution is 7.54. The van der Waals surface area contributed by atoms with Crippen LogP contribution in [0.4, 0.5) is 0 Å². The minimum absolute atomic E-state index is 0.224. The lowest BCUT2D eigenvalue weighted by Gasteiger charge is -2.15. The van der Waals surface area contributed by atoms with Crippen LogP contribution in [0.5, 0.6) is 0 Å². The molecule has 0 aliphatic carbocycles. The maximum absolute atomic E-state index is 12.1. The van der Waals surface area contributed by atoms with E-state index in [9.17, 15) is 9.36 Å². The first-order valence-electron chi connectivity index (χ1n) is 6.23. The average Bonchev–Trinajstić information content (AvgIpc) is 2.38. The third-order valence-electron chi connectivity index (χ3n) is 2.26. The van der Waals surface area contributed by atoms with Crippen molar-refractivity contribution >= 4 is 19.5 Å². The lowest BCUT2D eigenvalue weighted by molar-refractivity contribution is -0.112. The Balaban J connectivity index is 2.63. The SMILES string of the molecule is CCOP(=O)(CC(=O)C=Cc1ccccc1)OCC. The van der Waals surface area contributed by atoms with Crippen LogP contribution in [-0.4, -0.2) is 25.2 Å². The van der Waals surface area contributed by atoms with Gasteiger partial charge in [0.1, 0.15) is 6.16 Å². The van der Waals surface area contributed by atoms with Crippen molar-refractivity contribution in [3.8, 4) is 0 Å². The molecule has 0 aromatic heterocycles. The lowest BCUT2D eigenvalue weighted by Crippen LogP contribution is -2.07. The molecule has 4 nitrogen and oxygen atoms in total. The quantitative estimate of drug-likeness (QED) is 0.540. The average molecular weight is 282 g/mol. The highest BCUT2D eigenvalue weighted by Gasteiger charge is 2.26. The van der Waals surface area contributed by atoms with Crippen LogP contribution in [-0.2, 0) is 18.4 Å². The molecule has 0 saturated heterocycles. The molecule has 0 aliphatic rings. The molecule has 0 heterocycles. The molecule has 0 radical (unpaired) electrons. The second-order valence-corrected chi connectivity index (χ2v) is 5.87. The van der Waals surface area contributed by atoms with Crippen LogP contribution in [0.1, 0.15) is 19.4 Å². The molecule has 104 valence electrons. The molecule has 0 atom stereocenters. The summed E-state index contributed by atoms with van der Waals surface area (Å²) in [6.45, 7) is 3.95. The summed E-state index contributed by atoms with van der Waals surface area (Å²) >= 11 is 0. The van der Waals surface area contributed by atoms with E-state index in [2.05, 4.69) is 0 Å². The second kappa shape index (κ2) is 8.05. The van der Waals surface area contributed by atoms with Crippen LogP contribution in [0, 0.1) is 0 Å². The van der Waals surface area contributed by atoms with Crippen molar-refractivity contribution in [1.82, 2.24) is 0 Å². The van der Waals surface area contributed by atoms with Crippen LogP contribution in [0.25, 0.3) is 6.08 Å². The summed E-state index contributed by atoms with van der Waals surface area (Å²) in [5, 5.41) is 0. The normalized spacial score (nSPS) is 11.9. The van der Waals surface area contributed by atoms with Crippen molar-refractivity contribution in [1.29, 1.82) is 0 Å². The third kappa shape index (κ3) is 5.97. The van der Waals surface area contributed by atoms with Gasteiger partial charge in [0.2, 0.25) is 0 Å². The number of carbonyl (C=O) groups is 1. The lowest BCUT2D eigenvalue weighted by atomic mass is 10.2. The summed E-state index contributed by atoms with van der Waals surface area (Å²) in [5.74, 6) is -0.269. The Hall–Kier alpha value is -1.22. The van der Waals surface area contributed by atoms with Gasteiger partial charge < -0.3 is 9.05 Å². The van der Waals surface area contributed by atoms with Gasteiger partial charge in [0.05, 0.1) is 13.2 Å². The number of allylic oxidation sites excluding steroid dienone is 1. The topological polar surface area (TPSA) is 52.6 Å². The molecule has 0 N–H and O–H groups in total. The smallest absolute Gasteiger partial charge is 0.309 e. The Morgan fingerprint density at radius 1 is 1.16 bits per heavy atom. The van der Waals surface area contributed by atoms with E-state index in [-0.39, 0.29) is 25.2 Å². The summed E-state index contributed by atoms with van der Waals surface area (Å²) in [4.78, 5) is 11.8. The largest absolute Gasteiger partial charge is 0.338 e. The Labute approximate surface area is 114 Å². The van der Waals surface area contributed by atoms with Gasteiger partial charge in [-0.1, -0.05) is 36.4 Å². The van der Waals surface area contributed by atoms with Gasteiger partial charge in [-0.3, -0.25) is 9.36 Å². The second-order valence-electron chi connectivity index (χ2n) is 3.81. The fourth-order valence-corrected chi connectivity index (χ4v) is 3.05. The van der Waals surface area contributed by atoms with E-state index in [1.54, 1.807) is 19.9 Å². The van der Waals surface area contributed by atoms with E-state index < -0.39 is 7.60 Å². The van der Waals surface area contributed by atoms with E-state index >= 15 is 0 Å². The molecule has 0 bridgehead atoms. The third-order valence-corrected chi connectivity index (χ3v) is 4.26. The highest BCUT2D eigenvalue weighted by atomic mass is 31.2. The molecule has 0 aliphatic heterocycles. The Morgan fingerprint density at radius 3 is 2.26 bits per heavy atom. The van der Waals surface area contributed by atoms with Gasteiger partial charge in [0.15, 0.2) is 5.78 Å². The number of hydrogen-bond donors (Lipinski definition) is 0. The zero-order valence-corrected chi connectivity index (χ0v) is 12.1. The van der Waals surface area contributed by atoms with Gasteiger partial charge in [-0.15, -0.1) is 0 Å². The predicted molar refractivity (Wildman–Crippen MR) is 76.2 cm³/mol. The predicted octanol–water partition coefficient (Wildman–Crippen LogP) is 3.54. The van der Waals surface area contributed by atoms with E-state index in [4.69, 9.17) is 9.05 Å².